The predicted molar refractivity (Wildman–Crippen MR) is 129 cm³/mol. The maximum absolute atomic E-state index is 15.4. The van der Waals surface area contributed by atoms with Crippen LogP contribution in [0.1, 0.15) is 47.9 Å². The summed E-state index contributed by atoms with van der Waals surface area (Å²) in [4.78, 5) is 18.9. The van der Waals surface area contributed by atoms with Crippen molar-refractivity contribution in [1.29, 1.82) is 0 Å². The highest BCUT2D eigenvalue weighted by Crippen LogP contribution is 2.50. The Hall–Kier alpha value is -2.50. The number of halogens is 9. The Bertz CT molecular complexity index is 1320. The average molecular weight is 597 g/mol. The zero-order chi connectivity index (χ0) is 28.4. The number of amides is 1. The molecular weight excluding hydrogens is 576 g/mol. The van der Waals surface area contributed by atoms with Crippen LogP contribution in [0.2, 0.25) is 10.0 Å². The van der Waals surface area contributed by atoms with Gasteiger partial charge >= 0.3 is 12.4 Å². The summed E-state index contributed by atoms with van der Waals surface area (Å²) in [6.07, 6.45) is -6.13. The van der Waals surface area contributed by atoms with Crippen molar-refractivity contribution >= 4 is 34.8 Å². The third-order valence-electron chi connectivity index (χ3n) is 7.47. The Labute approximate surface area is 228 Å². The van der Waals surface area contributed by atoms with Crippen LogP contribution in [-0.2, 0) is 27.1 Å². The molecule has 0 bridgehead atoms. The maximum atomic E-state index is 15.4. The van der Waals surface area contributed by atoms with E-state index in [0.29, 0.717) is 12.1 Å². The molecule has 1 saturated carbocycles. The summed E-state index contributed by atoms with van der Waals surface area (Å²) in [7, 11) is 0. The molecule has 2 aliphatic heterocycles. The summed E-state index contributed by atoms with van der Waals surface area (Å²) in [6.45, 7) is -0.219. The number of carbonyl (C=O) groups excluding carboxylic acids is 1. The standard InChI is InChI=1S/C26H21Cl2F7N2O2/c27-19-10-17(9-18(21(19)28)25(30,31)32)24(26(33,34)35)11-20(36-39-24)14-5-7-16(8-6-14)23(29)12-37(13-23)22(38)15-3-1-2-4-15/h5-11,15,36H,1-4,12-13H2. The van der Waals surface area contributed by atoms with Crippen LogP contribution >= 0.6 is 23.2 Å². The second-order valence-electron chi connectivity index (χ2n) is 10.0. The number of hydroxylamine groups is 1. The molecule has 2 aromatic rings. The van der Waals surface area contributed by atoms with Gasteiger partial charge in [0.1, 0.15) is 0 Å². The molecule has 1 atom stereocenters. The van der Waals surface area contributed by atoms with Crippen LogP contribution in [0.5, 0.6) is 0 Å². The van der Waals surface area contributed by atoms with Gasteiger partial charge in [-0.05, 0) is 42.2 Å². The largest absolute Gasteiger partial charge is 0.428 e. The number of hydrogen-bond donors (Lipinski definition) is 1. The first-order valence-electron chi connectivity index (χ1n) is 12.0. The lowest BCUT2D eigenvalue weighted by Crippen LogP contribution is -2.59. The van der Waals surface area contributed by atoms with Gasteiger partial charge in [0.05, 0.1) is 34.4 Å². The van der Waals surface area contributed by atoms with Gasteiger partial charge in [0.25, 0.3) is 0 Å². The molecule has 1 unspecified atom stereocenters. The summed E-state index contributed by atoms with van der Waals surface area (Å²) in [5.41, 5.74) is -5.21. The van der Waals surface area contributed by atoms with Crippen molar-refractivity contribution in [3.05, 3.63) is 74.8 Å². The van der Waals surface area contributed by atoms with Gasteiger partial charge < -0.3 is 4.90 Å². The van der Waals surface area contributed by atoms with Crippen molar-refractivity contribution in [2.24, 2.45) is 5.92 Å². The van der Waals surface area contributed by atoms with Gasteiger partial charge in [-0.15, -0.1) is 0 Å². The third-order valence-corrected chi connectivity index (χ3v) is 8.27. The van der Waals surface area contributed by atoms with E-state index in [1.165, 1.54) is 29.2 Å². The molecular formula is C26H21Cl2F7N2O2. The van der Waals surface area contributed by atoms with Gasteiger partial charge in [-0.1, -0.05) is 60.3 Å². The van der Waals surface area contributed by atoms with Gasteiger partial charge in [0.2, 0.25) is 11.5 Å². The van der Waals surface area contributed by atoms with Crippen molar-refractivity contribution in [1.82, 2.24) is 10.4 Å². The molecule has 0 spiro atoms. The lowest BCUT2D eigenvalue weighted by Gasteiger charge is -2.45. The summed E-state index contributed by atoms with van der Waals surface area (Å²) < 4.78 is 98.6. The fraction of sp³-hybridized carbons (Fsp3) is 0.423. The van der Waals surface area contributed by atoms with E-state index in [4.69, 9.17) is 28.0 Å². The van der Waals surface area contributed by atoms with Crippen LogP contribution in [-0.4, -0.2) is 30.1 Å². The number of nitrogens with one attached hydrogen (secondary N) is 1. The van der Waals surface area contributed by atoms with E-state index in [9.17, 15) is 31.1 Å². The van der Waals surface area contributed by atoms with Crippen LogP contribution in [0.25, 0.3) is 5.70 Å². The first-order chi connectivity index (χ1) is 18.1. The normalized spacial score (nSPS) is 23.4. The van der Waals surface area contributed by atoms with E-state index in [1.807, 2.05) is 0 Å². The minimum Gasteiger partial charge on any atom is -0.335 e. The fourth-order valence-electron chi connectivity index (χ4n) is 5.27. The molecule has 1 N–H and O–H groups in total. The molecule has 13 heteroatoms. The zero-order valence-corrected chi connectivity index (χ0v) is 21.5. The summed E-state index contributed by atoms with van der Waals surface area (Å²) in [5.74, 6) is -0.136. The maximum Gasteiger partial charge on any atom is 0.428 e. The van der Waals surface area contributed by atoms with E-state index >= 15 is 4.39 Å². The van der Waals surface area contributed by atoms with Crippen LogP contribution in [0.4, 0.5) is 30.7 Å². The predicted octanol–water partition coefficient (Wildman–Crippen LogP) is 7.54. The Morgan fingerprint density at radius 2 is 1.59 bits per heavy atom. The quantitative estimate of drug-likeness (QED) is 0.371. The van der Waals surface area contributed by atoms with Gasteiger partial charge in [-0.25, -0.2) is 4.39 Å². The number of rotatable bonds is 4. The van der Waals surface area contributed by atoms with Crippen LogP contribution in [0.3, 0.4) is 0 Å². The van der Waals surface area contributed by atoms with E-state index < -0.39 is 44.8 Å². The van der Waals surface area contributed by atoms with Gasteiger partial charge in [-0.3, -0.25) is 15.1 Å². The van der Waals surface area contributed by atoms with Crippen molar-refractivity contribution < 1.29 is 40.4 Å². The van der Waals surface area contributed by atoms with Crippen molar-refractivity contribution in [2.75, 3.05) is 13.1 Å². The lowest BCUT2D eigenvalue weighted by molar-refractivity contribution is -0.269. The summed E-state index contributed by atoms with van der Waals surface area (Å²) in [5, 5.41) is -1.66. The topological polar surface area (TPSA) is 41.6 Å². The highest BCUT2D eigenvalue weighted by atomic mass is 35.5. The number of hydrogen-bond acceptors (Lipinski definition) is 3. The molecule has 2 heterocycles. The first-order valence-corrected chi connectivity index (χ1v) is 12.8. The second kappa shape index (κ2) is 9.55. The summed E-state index contributed by atoms with van der Waals surface area (Å²) >= 11 is 11.4. The number of carbonyl (C=O) groups is 1. The fourth-order valence-corrected chi connectivity index (χ4v) is 5.71. The Morgan fingerprint density at radius 3 is 2.15 bits per heavy atom. The average Bonchev–Trinajstić information content (AvgIpc) is 3.54. The number of likely N-dealkylation sites (tertiary alicyclic amines) is 1. The number of benzene rings is 2. The number of alkyl halides is 7. The van der Waals surface area contributed by atoms with E-state index in [-0.39, 0.29) is 47.8 Å². The Morgan fingerprint density at radius 1 is 0.974 bits per heavy atom. The Kier molecular flexibility index (Phi) is 6.87. The SMILES string of the molecule is O=C(C1CCCC1)N1CC(F)(c2ccc(C3=CC(c4cc(Cl)c(Cl)c(C(F)(F)F)c4)(C(F)(F)F)ON3)cc2)C1. The monoisotopic (exact) mass is 596 g/mol. The van der Waals surface area contributed by atoms with E-state index in [0.717, 1.165) is 25.7 Å². The molecule has 210 valence electrons. The molecule has 1 aliphatic carbocycles. The smallest absolute Gasteiger partial charge is 0.335 e. The van der Waals surface area contributed by atoms with Crippen LogP contribution < -0.4 is 5.48 Å². The van der Waals surface area contributed by atoms with Crippen molar-refractivity contribution in [3.8, 4) is 0 Å². The highest BCUT2D eigenvalue weighted by molar-refractivity contribution is 6.42. The van der Waals surface area contributed by atoms with Gasteiger partial charge in [0.15, 0.2) is 5.67 Å². The third kappa shape index (κ3) is 4.86. The minimum atomic E-state index is -5.20. The van der Waals surface area contributed by atoms with Gasteiger partial charge in [-0.2, -0.15) is 26.3 Å². The second-order valence-corrected chi connectivity index (χ2v) is 10.8. The summed E-state index contributed by atoms with van der Waals surface area (Å²) in [6, 6.07) is 6.42. The number of nitrogens with zero attached hydrogens (tertiary/aromatic N) is 1. The molecule has 0 aromatic heterocycles. The first kappa shape index (κ1) is 28.0. The minimum absolute atomic E-state index is 0.0608. The molecule has 1 saturated heterocycles. The van der Waals surface area contributed by atoms with E-state index in [2.05, 4.69) is 5.48 Å². The van der Waals surface area contributed by atoms with Crippen molar-refractivity contribution in [2.45, 2.75) is 49.3 Å². The molecule has 5 rings (SSSR count). The van der Waals surface area contributed by atoms with Crippen molar-refractivity contribution in [3.63, 3.8) is 0 Å². The lowest BCUT2D eigenvalue weighted by atomic mass is 9.86. The molecule has 4 nitrogen and oxygen atoms in total. The highest BCUT2D eigenvalue weighted by Gasteiger charge is 2.60. The zero-order valence-electron chi connectivity index (χ0n) is 20.0. The molecule has 1 amide bonds. The van der Waals surface area contributed by atoms with Crippen LogP contribution in [0, 0.1) is 5.92 Å². The van der Waals surface area contributed by atoms with E-state index in [1.54, 1.807) is 0 Å². The Balaban J connectivity index is 1.41. The molecule has 39 heavy (non-hydrogen) atoms. The molecule has 2 fully saturated rings. The molecule has 2 aromatic carbocycles. The van der Waals surface area contributed by atoms with Crippen LogP contribution in [0.15, 0.2) is 42.5 Å². The molecule has 3 aliphatic rings. The van der Waals surface area contributed by atoms with Gasteiger partial charge in [0, 0.05) is 11.5 Å². The molecule has 0 radical (unpaired) electrons.